The number of pyridine rings is 1. The predicted octanol–water partition coefficient (Wildman–Crippen LogP) is 4.94. The minimum absolute atomic E-state index is 0.0913. The summed E-state index contributed by atoms with van der Waals surface area (Å²) in [5.41, 5.74) is 2.80. The Morgan fingerprint density at radius 1 is 0.844 bits per heavy atom. The van der Waals surface area contributed by atoms with Gasteiger partial charge in [0, 0.05) is 6.42 Å². The van der Waals surface area contributed by atoms with Crippen molar-refractivity contribution in [3.05, 3.63) is 23.4 Å². The number of hydrogen-bond acceptors (Lipinski definition) is 8. The van der Waals surface area contributed by atoms with Crippen LogP contribution in [-0.4, -0.2) is 31.6 Å². The van der Waals surface area contributed by atoms with E-state index in [2.05, 4.69) is 25.4 Å². The second-order valence-corrected chi connectivity index (χ2v) is 7.31. The second kappa shape index (κ2) is 8.06. The third-order valence-corrected chi connectivity index (χ3v) is 5.00. The van der Waals surface area contributed by atoms with Crippen molar-refractivity contribution in [2.45, 2.75) is 56.8 Å². The van der Waals surface area contributed by atoms with Gasteiger partial charge >= 0.3 is 12.4 Å². The molecule has 0 aliphatic carbocycles. The van der Waals surface area contributed by atoms with Crippen LogP contribution in [0, 0.1) is 0 Å². The Balaban J connectivity index is 1.88. The Kier molecular flexibility index (Phi) is 5.54. The second-order valence-electron chi connectivity index (χ2n) is 7.31. The van der Waals surface area contributed by atoms with Crippen LogP contribution >= 0.6 is 0 Å². The number of nitrogens with zero attached hydrogens (tertiary/aromatic N) is 5. The largest absolute Gasteiger partial charge is 0.419 e. The molecule has 172 valence electrons. The summed E-state index contributed by atoms with van der Waals surface area (Å²) in [5, 5.41) is 14.4. The molecule has 0 amide bonds. The van der Waals surface area contributed by atoms with Crippen molar-refractivity contribution in [3.63, 3.8) is 0 Å². The van der Waals surface area contributed by atoms with Crippen LogP contribution in [0.5, 0.6) is 0 Å². The van der Waals surface area contributed by atoms with Crippen molar-refractivity contribution in [1.29, 1.82) is 0 Å². The molecule has 4 rings (SSSR count). The van der Waals surface area contributed by atoms with E-state index in [1.807, 2.05) is 0 Å². The predicted molar refractivity (Wildman–Crippen MR) is 95.8 cm³/mol. The SMILES string of the molecule is Nc1cc(C(F)(F)F)c2nc1-c1nnc(o1)C(C(F)(F)F)CCCCCCc1nnc-2o1. The van der Waals surface area contributed by atoms with E-state index in [0.717, 1.165) is 0 Å². The summed E-state index contributed by atoms with van der Waals surface area (Å²) < 4.78 is 92.0. The molecule has 0 fully saturated rings. The molecule has 0 aromatic carbocycles. The normalized spacial score (nSPS) is 18.0. The molecule has 0 radical (unpaired) electrons. The van der Waals surface area contributed by atoms with Crippen LogP contribution in [0.1, 0.15) is 55.4 Å². The quantitative estimate of drug-likeness (QED) is 0.467. The lowest BCUT2D eigenvalue weighted by Crippen LogP contribution is -2.21. The van der Waals surface area contributed by atoms with Gasteiger partial charge in [-0.3, -0.25) is 0 Å². The van der Waals surface area contributed by atoms with Crippen LogP contribution in [0.15, 0.2) is 14.9 Å². The minimum atomic E-state index is -4.87. The highest BCUT2D eigenvalue weighted by molar-refractivity contribution is 5.72. The summed E-state index contributed by atoms with van der Waals surface area (Å²) in [6.07, 6.45) is -7.71. The zero-order valence-electron chi connectivity index (χ0n) is 16.3. The van der Waals surface area contributed by atoms with Gasteiger partial charge < -0.3 is 14.6 Å². The first-order valence-electron chi connectivity index (χ1n) is 9.65. The Morgan fingerprint density at radius 3 is 2.25 bits per heavy atom. The van der Waals surface area contributed by atoms with Crippen LogP contribution in [0.3, 0.4) is 0 Å². The molecule has 4 heterocycles. The zero-order chi connectivity index (χ0) is 23.1. The van der Waals surface area contributed by atoms with Crippen molar-refractivity contribution < 1.29 is 35.2 Å². The fraction of sp³-hybridized carbons (Fsp3) is 0.500. The molecule has 2 N–H and O–H groups in total. The van der Waals surface area contributed by atoms with E-state index in [9.17, 15) is 26.3 Å². The standard InChI is InChI=1S/C18H16F6N6O2/c19-17(20,21)8-5-3-1-2-4-6-11-27-29-15(31-11)12-9(18(22,23)24)7-10(25)13(26-12)16-30-28-14(8)32-16/h7-8H,1-6,25H2. The van der Waals surface area contributed by atoms with Crippen LogP contribution in [0.25, 0.3) is 23.2 Å². The maximum Gasteiger partial charge on any atom is 0.418 e. The molecule has 0 spiro atoms. The number of halogens is 6. The Labute approximate surface area is 176 Å². The Hall–Kier alpha value is -3.19. The summed E-state index contributed by atoms with van der Waals surface area (Å²) in [4.78, 5) is 3.83. The van der Waals surface area contributed by atoms with Crippen LogP contribution < -0.4 is 5.73 Å². The third kappa shape index (κ3) is 4.39. The molecular weight excluding hydrogens is 446 g/mol. The number of aromatic nitrogens is 5. The van der Waals surface area contributed by atoms with Gasteiger partial charge in [-0.25, -0.2) is 4.98 Å². The molecule has 0 saturated heterocycles. The number of aryl methyl sites for hydroxylation is 1. The first-order chi connectivity index (χ1) is 15.0. The van der Waals surface area contributed by atoms with Gasteiger partial charge in [0.25, 0.3) is 11.8 Å². The van der Waals surface area contributed by atoms with Crippen molar-refractivity contribution >= 4 is 5.69 Å². The number of nitrogen functional groups attached to an aromatic ring is 1. The van der Waals surface area contributed by atoms with Gasteiger partial charge in [0.2, 0.25) is 11.8 Å². The lowest BCUT2D eigenvalue weighted by molar-refractivity contribution is -0.156. The summed E-state index contributed by atoms with van der Waals surface area (Å²) in [6, 6.07) is 0.565. The number of nitrogens with two attached hydrogens (primary N) is 1. The zero-order valence-corrected chi connectivity index (χ0v) is 16.3. The van der Waals surface area contributed by atoms with Gasteiger partial charge in [-0.2, -0.15) is 26.3 Å². The average molecular weight is 462 g/mol. The average Bonchev–Trinajstić information content (AvgIpc) is 3.34. The molecule has 1 aliphatic rings. The van der Waals surface area contributed by atoms with Crippen molar-refractivity contribution in [2.24, 2.45) is 0 Å². The van der Waals surface area contributed by atoms with Crippen molar-refractivity contribution in [1.82, 2.24) is 25.4 Å². The van der Waals surface area contributed by atoms with Gasteiger partial charge in [-0.05, 0) is 18.9 Å². The molecule has 0 saturated carbocycles. The van der Waals surface area contributed by atoms with Gasteiger partial charge in [0.1, 0.15) is 11.6 Å². The third-order valence-electron chi connectivity index (χ3n) is 5.00. The Morgan fingerprint density at radius 2 is 1.53 bits per heavy atom. The smallest absolute Gasteiger partial charge is 0.418 e. The molecule has 1 atom stereocenters. The number of rotatable bonds is 0. The first-order valence-corrected chi connectivity index (χ1v) is 9.65. The Bertz CT molecular complexity index is 1110. The minimum Gasteiger partial charge on any atom is -0.419 e. The topological polar surface area (TPSA) is 117 Å². The maximum absolute atomic E-state index is 13.6. The van der Waals surface area contributed by atoms with E-state index in [1.54, 1.807) is 0 Å². The highest BCUT2D eigenvalue weighted by Crippen LogP contribution is 2.42. The lowest BCUT2D eigenvalue weighted by Gasteiger charge is -2.16. The van der Waals surface area contributed by atoms with Gasteiger partial charge in [-0.15, -0.1) is 20.4 Å². The number of fused-ring (bicyclic) bond motifs is 8. The molecule has 3 aromatic rings. The molecule has 8 nitrogen and oxygen atoms in total. The maximum atomic E-state index is 13.6. The van der Waals surface area contributed by atoms with E-state index in [0.29, 0.717) is 25.3 Å². The number of alkyl halides is 6. The van der Waals surface area contributed by atoms with Crippen molar-refractivity contribution in [3.8, 4) is 23.2 Å². The van der Waals surface area contributed by atoms with E-state index < -0.39 is 58.6 Å². The van der Waals surface area contributed by atoms with Gasteiger partial charge in [0.05, 0.1) is 11.3 Å². The molecule has 1 aliphatic heterocycles. The van der Waals surface area contributed by atoms with Gasteiger partial charge in [-0.1, -0.05) is 19.3 Å². The van der Waals surface area contributed by atoms with Gasteiger partial charge in [0.15, 0.2) is 5.69 Å². The van der Waals surface area contributed by atoms with E-state index in [1.165, 1.54) is 0 Å². The molecule has 1 unspecified atom stereocenters. The molecule has 32 heavy (non-hydrogen) atoms. The highest BCUT2D eigenvalue weighted by atomic mass is 19.4. The molecule has 14 heteroatoms. The number of anilines is 1. The summed E-state index contributed by atoms with van der Waals surface area (Å²) in [5.74, 6) is -3.68. The monoisotopic (exact) mass is 462 g/mol. The molecule has 3 aromatic heterocycles. The fourth-order valence-electron chi connectivity index (χ4n) is 3.41. The van der Waals surface area contributed by atoms with Crippen LogP contribution in [0.2, 0.25) is 0 Å². The highest BCUT2D eigenvalue weighted by Gasteiger charge is 2.44. The number of hydrogen-bond donors (Lipinski definition) is 1. The van der Waals surface area contributed by atoms with E-state index in [-0.39, 0.29) is 25.2 Å². The molecule has 6 bridgehead atoms. The van der Waals surface area contributed by atoms with E-state index in [4.69, 9.17) is 14.6 Å². The fourth-order valence-corrected chi connectivity index (χ4v) is 3.41. The summed E-state index contributed by atoms with van der Waals surface area (Å²) in [6.45, 7) is 0. The molecular formula is C18H16F6N6O2. The van der Waals surface area contributed by atoms with E-state index >= 15 is 0 Å². The van der Waals surface area contributed by atoms with Crippen molar-refractivity contribution in [2.75, 3.05) is 5.73 Å². The van der Waals surface area contributed by atoms with Crippen LogP contribution in [-0.2, 0) is 12.6 Å². The van der Waals surface area contributed by atoms with Crippen LogP contribution in [0.4, 0.5) is 32.0 Å². The first kappa shape index (κ1) is 22.0. The lowest BCUT2D eigenvalue weighted by atomic mass is 9.99. The summed E-state index contributed by atoms with van der Waals surface area (Å²) >= 11 is 0. The summed E-state index contributed by atoms with van der Waals surface area (Å²) in [7, 11) is 0.